The highest BCUT2D eigenvalue weighted by atomic mass is 19.4. The molecule has 0 radical (unpaired) electrons. The summed E-state index contributed by atoms with van der Waals surface area (Å²) in [5, 5.41) is 10.1. The molecule has 0 unspecified atom stereocenters. The first-order chi connectivity index (χ1) is 15.2. The molecule has 2 aliphatic rings. The second-order valence-corrected chi connectivity index (χ2v) is 7.59. The number of halogens is 3. The highest BCUT2D eigenvalue weighted by Crippen LogP contribution is 2.32. The van der Waals surface area contributed by atoms with E-state index in [0.717, 1.165) is 38.3 Å². The van der Waals surface area contributed by atoms with Gasteiger partial charge in [0.1, 0.15) is 5.76 Å². The molecule has 3 atom stereocenters. The number of rotatable bonds is 5. The van der Waals surface area contributed by atoms with Gasteiger partial charge in [-0.3, -0.25) is 14.7 Å². The number of likely N-dealkylation sites (tertiary alicyclic amines) is 1. The van der Waals surface area contributed by atoms with Crippen LogP contribution in [0.15, 0.2) is 47.3 Å². The SMILES string of the molecule is O=C(NCc1ccco1)[C@H]1C[C@H]2OCC[C@H]2N(Cc2cccnc2)C1.O=C(O)C(F)(F)F. The van der Waals surface area contributed by atoms with Crippen molar-refractivity contribution in [3.05, 3.63) is 54.2 Å². The number of amides is 1. The van der Waals surface area contributed by atoms with Crippen LogP contribution < -0.4 is 5.32 Å². The maximum absolute atomic E-state index is 12.6. The van der Waals surface area contributed by atoms with Gasteiger partial charge in [-0.2, -0.15) is 13.2 Å². The molecule has 2 N–H and O–H groups in total. The van der Waals surface area contributed by atoms with E-state index in [-0.39, 0.29) is 17.9 Å². The second kappa shape index (κ2) is 10.6. The summed E-state index contributed by atoms with van der Waals surface area (Å²) < 4.78 is 42.9. The number of carbonyl (C=O) groups excluding carboxylic acids is 1. The van der Waals surface area contributed by atoms with Crippen LogP contribution in [0.25, 0.3) is 0 Å². The van der Waals surface area contributed by atoms with E-state index in [4.69, 9.17) is 19.1 Å². The Balaban J connectivity index is 0.000000360. The van der Waals surface area contributed by atoms with Gasteiger partial charge in [0.2, 0.25) is 5.91 Å². The number of nitrogens with one attached hydrogen (secondary N) is 1. The van der Waals surface area contributed by atoms with Crippen molar-refractivity contribution in [1.82, 2.24) is 15.2 Å². The number of piperidine rings is 1. The molecule has 4 rings (SSSR count). The minimum absolute atomic E-state index is 0.0639. The summed E-state index contributed by atoms with van der Waals surface area (Å²) in [5.41, 5.74) is 1.17. The number of aliphatic carboxylic acids is 1. The number of ether oxygens (including phenoxy) is 1. The molecule has 32 heavy (non-hydrogen) atoms. The Morgan fingerprint density at radius 1 is 1.28 bits per heavy atom. The Bertz CT molecular complexity index is 877. The quantitative estimate of drug-likeness (QED) is 0.714. The molecule has 174 valence electrons. The zero-order valence-electron chi connectivity index (χ0n) is 17.1. The van der Waals surface area contributed by atoms with Crippen LogP contribution in [0.5, 0.6) is 0 Å². The number of carbonyl (C=O) groups is 2. The van der Waals surface area contributed by atoms with Crippen molar-refractivity contribution in [1.29, 1.82) is 0 Å². The van der Waals surface area contributed by atoms with Gasteiger partial charge in [0.15, 0.2) is 0 Å². The van der Waals surface area contributed by atoms with E-state index in [9.17, 15) is 18.0 Å². The minimum atomic E-state index is -5.08. The van der Waals surface area contributed by atoms with E-state index >= 15 is 0 Å². The lowest BCUT2D eigenvalue weighted by molar-refractivity contribution is -0.192. The standard InChI is InChI=1S/C19H23N3O3.C2HF3O2/c23-19(21-11-16-4-2-7-24-16)15-9-18-17(5-8-25-18)22(13-15)12-14-3-1-6-20-10-14;3-2(4,5)1(6)7/h1-4,6-7,10,15,17-18H,5,8-9,11-13H2,(H,21,23);(H,6,7)/t15-,17+,18+;/m0./s1. The first kappa shape index (κ1) is 23.7. The number of hydrogen-bond donors (Lipinski definition) is 2. The van der Waals surface area contributed by atoms with E-state index in [0.29, 0.717) is 12.6 Å². The lowest BCUT2D eigenvalue weighted by atomic mass is 9.89. The monoisotopic (exact) mass is 455 g/mol. The van der Waals surface area contributed by atoms with Gasteiger partial charge in [-0.25, -0.2) is 4.79 Å². The van der Waals surface area contributed by atoms with Crippen molar-refractivity contribution in [3.8, 4) is 0 Å². The Labute approximate surface area is 182 Å². The van der Waals surface area contributed by atoms with Crippen molar-refractivity contribution >= 4 is 11.9 Å². The number of carboxylic acids is 1. The Hall–Kier alpha value is -2.92. The van der Waals surface area contributed by atoms with E-state index in [1.165, 1.54) is 5.56 Å². The number of carboxylic acid groups (broad SMARTS) is 1. The number of furan rings is 1. The number of hydrogen-bond acceptors (Lipinski definition) is 6. The third-order valence-corrected chi connectivity index (χ3v) is 5.35. The topological polar surface area (TPSA) is 105 Å². The lowest BCUT2D eigenvalue weighted by Gasteiger charge is -2.40. The largest absolute Gasteiger partial charge is 0.490 e. The van der Waals surface area contributed by atoms with Crippen LogP contribution >= 0.6 is 0 Å². The molecule has 2 fully saturated rings. The molecule has 11 heteroatoms. The summed E-state index contributed by atoms with van der Waals surface area (Å²) in [7, 11) is 0. The molecule has 2 saturated heterocycles. The molecule has 0 aliphatic carbocycles. The fourth-order valence-corrected chi connectivity index (χ4v) is 3.88. The summed E-state index contributed by atoms with van der Waals surface area (Å²) in [6, 6.07) is 8.13. The molecule has 4 heterocycles. The molecular weight excluding hydrogens is 431 g/mol. The van der Waals surface area contributed by atoms with Crippen LogP contribution in [0.3, 0.4) is 0 Å². The van der Waals surface area contributed by atoms with Crippen LogP contribution in [0.2, 0.25) is 0 Å². The van der Waals surface area contributed by atoms with Crippen LogP contribution in [0.4, 0.5) is 13.2 Å². The van der Waals surface area contributed by atoms with Gasteiger partial charge in [0.05, 0.1) is 24.8 Å². The second-order valence-electron chi connectivity index (χ2n) is 7.59. The van der Waals surface area contributed by atoms with Gasteiger partial charge in [-0.05, 0) is 36.6 Å². The maximum Gasteiger partial charge on any atom is 0.490 e. The summed E-state index contributed by atoms with van der Waals surface area (Å²) in [6.07, 6.45) is 2.18. The predicted molar refractivity (Wildman–Crippen MR) is 105 cm³/mol. The van der Waals surface area contributed by atoms with Crippen LogP contribution in [-0.4, -0.2) is 58.3 Å². The highest BCUT2D eigenvalue weighted by Gasteiger charge is 2.42. The first-order valence-corrected chi connectivity index (χ1v) is 10.1. The fraction of sp³-hybridized carbons (Fsp3) is 0.476. The summed E-state index contributed by atoms with van der Waals surface area (Å²) >= 11 is 0. The maximum atomic E-state index is 12.6. The summed E-state index contributed by atoms with van der Waals surface area (Å²) in [6.45, 7) is 2.77. The molecule has 1 amide bonds. The molecule has 2 aromatic heterocycles. The molecule has 0 saturated carbocycles. The fourth-order valence-electron chi connectivity index (χ4n) is 3.88. The zero-order valence-corrected chi connectivity index (χ0v) is 17.1. The molecule has 8 nitrogen and oxygen atoms in total. The molecule has 2 aliphatic heterocycles. The number of aromatic nitrogens is 1. The number of alkyl halides is 3. The number of pyridine rings is 1. The van der Waals surface area contributed by atoms with Gasteiger partial charge in [0.25, 0.3) is 0 Å². The van der Waals surface area contributed by atoms with Crippen molar-refractivity contribution in [3.63, 3.8) is 0 Å². The first-order valence-electron chi connectivity index (χ1n) is 10.1. The third kappa shape index (κ3) is 6.54. The van der Waals surface area contributed by atoms with Gasteiger partial charge in [0, 0.05) is 38.1 Å². The Morgan fingerprint density at radius 2 is 2.06 bits per heavy atom. The summed E-state index contributed by atoms with van der Waals surface area (Å²) in [4.78, 5) is 28.1. The van der Waals surface area contributed by atoms with Crippen molar-refractivity contribution in [2.75, 3.05) is 13.2 Å². The smallest absolute Gasteiger partial charge is 0.475 e. The summed E-state index contributed by atoms with van der Waals surface area (Å²) in [5.74, 6) is -1.98. The molecular formula is C21H24F3N3O5. The van der Waals surface area contributed by atoms with Gasteiger partial charge >= 0.3 is 12.1 Å². The molecule has 0 aromatic carbocycles. The van der Waals surface area contributed by atoms with E-state index in [1.54, 1.807) is 12.5 Å². The number of fused-ring (bicyclic) bond motifs is 1. The third-order valence-electron chi connectivity index (χ3n) is 5.35. The molecule has 0 spiro atoms. The molecule has 0 bridgehead atoms. The van der Waals surface area contributed by atoms with Crippen molar-refractivity contribution in [2.45, 2.75) is 44.3 Å². The minimum Gasteiger partial charge on any atom is -0.475 e. The lowest BCUT2D eigenvalue weighted by Crippen LogP contribution is -2.52. The Morgan fingerprint density at radius 3 is 2.69 bits per heavy atom. The predicted octanol–water partition coefficient (Wildman–Crippen LogP) is 2.60. The van der Waals surface area contributed by atoms with Crippen LogP contribution in [-0.2, 0) is 27.4 Å². The average Bonchev–Trinajstić information content (AvgIpc) is 3.44. The van der Waals surface area contributed by atoms with Crippen molar-refractivity contribution in [2.24, 2.45) is 5.92 Å². The van der Waals surface area contributed by atoms with Gasteiger partial charge < -0.3 is 19.6 Å². The van der Waals surface area contributed by atoms with Gasteiger partial charge in [-0.1, -0.05) is 6.07 Å². The van der Waals surface area contributed by atoms with Crippen molar-refractivity contribution < 1.29 is 37.0 Å². The van der Waals surface area contributed by atoms with Crippen LogP contribution in [0.1, 0.15) is 24.2 Å². The van der Waals surface area contributed by atoms with E-state index < -0.39 is 12.1 Å². The van der Waals surface area contributed by atoms with E-state index in [2.05, 4.69) is 21.3 Å². The average molecular weight is 455 g/mol. The highest BCUT2D eigenvalue weighted by molar-refractivity contribution is 5.79. The normalized spacial score (nSPS) is 23.0. The zero-order chi connectivity index (χ0) is 23.1. The molecule has 2 aromatic rings. The van der Waals surface area contributed by atoms with Crippen LogP contribution in [0, 0.1) is 5.92 Å². The Kier molecular flexibility index (Phi) is 7.86. The van der Waals surface area contributed by atoms with Gasteiger partial charge in [-0.15, -0.1) is 0 Å². The van der Waals surface area contributed by atoms with E-state index in [1.807, 2.05) is 24.4 Å². The number of nitrogens with zero attached hydrogens (tertiary/aromatic N) is 2.